The van der Waals surface area contributed by atoms with Crippen LogP contribution >= 0.6 is 27.5 Å². The fourth-order valence-corrected chi connectivity index (χ4v) is 2.91. The van der Waals surface area contributed by atoms with Crippen LogP contribution < -0.4 is 9.47 Å². The summed E-state index contributed by atoms with van der Waals surface area (Å²) in [5.74, 6) is 1.19. The largest absolute Gasteiger partial charge is 0.493 e. The van der Waals surface area contributed by atoms with Gasteiger partial charge in [0.2, 0.25) is 0 Å². The third-order valence-electron chi connectivity index (χ3n) is 3.23. The first-order chi connectivity index (χ1) is 10.1. The summed E-state index contributed by atoms with van der Waals surface area (Å²) in [7, 11) is 3.14. The van der Waals surface area contributed by atoms with E-state index in [0.717, 1.165) is 15.6 Å². The van der Waals surface area contributed by atoms with Crippen molar-refractivity contribution in [2.24, 2.45) is 0 Å². The van der Waals surface area contributed by atoms with Gasteiger partial charge in [-0.2, -0.15) is 0 Å². The number of hydrogen-bond acceptors (Lipinski definition) is 3. The van der Waals surface area contributed by atoms with Gasteiger partial charge in [-0.3, -0.25) is 0 Å². The van der Waals surface area contributed by atoms with Crippen molar-refractivity contribution in [3.8, 4) is 11.5 Å². The molecule has 1 atom stereocenters. The predicted octanol–water partition coefficient (Wildman–Crippen LogP) is 4.40. The van der Waals surface area contributed by atoms with Gasteiger partial charge in [0.25, 0.3) is 0 Å². The average molecular weight is 372 g/mol. The van der Waals surface area contributed by atoms with E-state index in [4.69, 9.17) is 21.1 Å². The van der Waals surface area contributed by atoms with Crippen LogP contribution in [0.5, 0.6) is 11.5 Å². The van der Waals surface area contributed by atoms with Gasteiger partial charge >= 0.3 is 0 Å². The molecule has 0 saturated carbocycles. The van der Waals surface area contributed by atoms with Crippen molar-refractivity contribution in [3.63, 3.8) is 0 Å². The van der Waals surface area contributed by atoms with E-state index in [9.17, 15) is 5.11 Å². The minimum absolute atomic E-state index is 0.424. The highest BCUT2D eigenvalue weighted by molar-refractivity contribution is 9.10. The molecule has 2 rings (SSSR count). The van der Waals surface area contributed by atoms with Gasteiger partial charge in [-0.05, 0) is 29.3 Å². The molecular weight excluding hydrogens is 356 g/mol. The zero-order chi connectivity index (χ0) is 15.4. The first kappa shape index (κ1) is 16.1. The van der Waals surface area contributed by atoms with E-state index in [1.165, 1.54) is 0 Å². The van der Waals surface area contributed by atoms with Crippen LogP contribution in [0.15, 0.2) is 40.9 Å². The maximum Gasteiger partial charge on any atom is 0.161 e. The first-order valence-electron chi connectivity index (χ1n) is 6.39. The summed E-state index contributed by atoms with van der Waals surface area (Å²) >= 11 is 9.59. The van der Waals surface area contributed by atoms with Gasteiger partial charge in [-0.15, -0.1) is 0 Å². The predicted molar refractivity (Wildman–Crippen MR) is 87.4 cm³/mol. The molecule has 2 aromatic rings. The van der Waals surface area contributed by atoms with E-state index in [-0.39, 0.29) is 0 Å². The Morgan fingerprint density at radius 3 is 2.38 bits per heavy atom. The van der Waals surface area contributed by atoms with Crippen LogP contribution in [0.2, 0.25) is 5.02 Å². The van der Waals surface area contributed by atoms with Crippen LogP contribution in [0.4, 0.5) is 0 Å². The lowest BCUT2D eigenvalue weighted by Crippen LogP contribution is -2.04. The Balaban J connectivity index is 2.31. The summed E-state index contributed by atoms with van der Waals surface area (Å²) < 4.78 is 11.3. The minimum Gasteiger partial charge on any atom is -0.493 e. The number of rotatable bonds is 5. The number of methoxy groups -OCH3 is 2. The van der Waals surface area contributed by atoms with E-state index in [0.29, 0.717) is 22.9 Å². The van der Waals surface area contributed by atoms with Crippen molar-refractivity contribution < 1.29 is 14.6 Å². The quantitative estimate of drug-likeness (QED) is 0.847. The van der Waals surface area contributed by atoms with Crippen molar-refractivity contribution in [1.29, 1.82) is 0 Å². The Morgan fingerprint density at radius 2 is 1.76 bits per heavy atom. The van der Waals surface area contributed by atoms with Gasteiger partial charge in [-0.1, -0.05) is 45.7 Å². The third kappa shape index (κ3) is 3.70. The number of hydrogen-bond donors (Lipinski definition) is 1. The molecule has 2 aromatic carbocycles. The van der Waals surface area contributed by atoms with Crippen molar-refractivity contribution in [3.05, 3.63) is 57.0 Å². The minimum atomic E-state index is -0.695. The highest BCUT2D eigenvalue weighted by atomic mass is 79.9. The van der Waals surface area contributed by atoms with E-state index >= 15 is 0 Å². The van der Waals surface area contributed by atoms with Crippen LogP contribution in [-0.2, 0) is 6.42 Å². The zero-order valence-corrected chi connectivity index (χ0v) is 14.1. The average Bonchev–Trinajstić information content (AvgIpc) is 2.49. The molecule has 0 saturated heterocycles. The summed E-state index contributed by atoms with van der Waals surface area (Å²) in [4.78, 5) is 0. The van der Waals surface area contributed by atoms with E-state index in [1.807, 2.05) is 24.3 Å². The third-order valence-corrected chi connectivity index (χ3v) is 4.29. The number of aliphatic hydroxyl groups excluding tert-OH is 1. The molecule has 0 aliphatic heterocycles. The number of ether oxygens (including phenoxy) is 2. The van der Waals surface area contributed by atoms with E-state index < -0.39 is 6.10 Å². The molecule has 0 amide bonds. The molecule has 1 N–H and O–H groups in total. The lowest BCUT2D eigenvalue weighted by Gasteiger charge is -2.17. The van der Waals surface area contributed by atoms with Gasteiger partial charge in [0.15, 0.2) is 11.5 Å². The van der Waals surface area contributed by atoms with Gasteiger partial charge in [-0.25, -0.2) is 0 Å². The van der Waals surface area contributed by atoms with Crippen molar-refractivity contribution in [1.82, 2.24) is 0 Å². The lowest BCUT2D eigenvalue weighted by atomic mass is 10.0. The molecule has 0 aliphatic rings. The van der Waals surface area contributed by atoms with Crippen LogP contribution in [0.25, 0.3) is 0 Å². The van der Waals surface area contributed by atoms with Gasteiger partial charge < -0.3 is 14.6 Å². The lowest BCUT2D eigenvalue weighted by molar-refractivity contribution is 0.177. The molecule has 0 radical (unpaired) electrons. The zero-order valence-electron chi connectivity index (χ0n) is 11.8. The van der Waals surface area contributed by atoms with Gasteiger partial charge in [0.05, 0.1) is 20.3 Å². The summed E-state index contributed by atoms with van der Waals surface area (Å²) in [6.07, 6.45) is -0.271. The fourth-order valence-electron chi connectivity index (χ4n) is 2.11. The molecule has 3 nitrogen and oxygen atoms in total. The standard InChI is InChI=1S/C16H16BrClO3/c1-20-15-8-11(12(17)9-16(15)21-2)14(19)7-10-5-3-4-6-13(10)18/h3-6,8-9,14,19H,7H2,1-2H3. The molecule has 5 heteroatoms. The molecule has 0 spiro atoms. The van der Waals surface area contributed by atoms with Gasteiger partial charge in [0.1, 0.15) is 0 Å². The van der Waals surface area contributed by atoms with Gasteiger partial charge in [0, 0.05) is 15.9 Å². The Kier molecular flexibility index (Phi) is 5.51. The molecule has 112 valence electrons. The molecule has 21 heavy (non-hydrogen) atoms. The van der Waals surface area contributed by atoms with Crippen LogP contribution in [0.3, 0.4) is 0 Å². The summed E-state index contributed by atoms with van der Waals surface area (Å²) in [5, 5.41) is 11.1. The summed E-state index contributed by atoms with van der Waals surface area (Å²) in [6.45, 7) is 0. The van der Waals surface area contributed by atoms with Crippen molar-refractivity contribution in [2.75, 3.05) is 14.2 Å². The van der Waals surface area contributed by atoms with Crippen molar-refractivity contribution >= 4 is 27.5 Å². The van der Waals surface area contributed by atoms with Crippen LogP contribution in [0.1, 0.15) is 17.2 Å². The summed E-state index contributed by atoms with van der Waals surface area (Å²) in [6, 6.07) is 11.0. The maximum absolute atomic E-state index is 10.5. The second kappa shape index (κ2) is 7.16. The normalized spacial score (nSPS) is 12.0. The smallest absolute Gasteiger partial charge is 0.161 e. The second-order valence-electron chi connectivity index (χ2n) is 4.54. The Bertz CT molecular complexity index is 631. The molecule has 0 aromatic heterocycles. The highest BCUT2D eigenvalue weighted by Gasteiger charge is 2.17. The Hall–Kier alpha value is -1.23. The molecule has 1 unspecified atom stereocenters. The fraction of sp³-hybridized carbons (Fsp3) is 0.250. The molecular formula is C16H16BrClO3. The molecule has 0 bridgehead atoms. The number of benzene rings is 2. The topological polar surface area (TPSA) is 38.7 Å². The van der Waals surface area contributed by atoms with E-state index in [1.54, 1.807) is 26.4 Å². The molecule has 0 heterocycles. The highest BCUT2D eigenvalue weighted by Crippen LogP contribution is 2.37. The van der Waals surface area contributed by atoms with Crippen molar-refractivity contribution in [2.45, 2.75) is 12.5 Å². The van der Waals surface area contributed by atoms with Crippen LogP contribution in [0, 0.1) is 0 Å². The second-order valence-corrected chi connectivity index (χ2v) is 5.80. The van der Waals surface area contributed by atoms with E-state index in [2.05, 4.69) is 15.9 Å². The Labute approximate surface area is 137 Å². The number of halogens is 2. The monoisotopic (exact) mass is 370 g/mol. The number of aliphatic hydroxyl groups is 1. The first-order valence-corrected chi connectivity index (χ1v) is 7.56. The summed E-state index contributed by atoms with van der Waals surface area (Å²) in [5.41, 5.74) is 1.63. The Morgan fingerprint density at radius 1 is 1.14 bits per heavy atom. The maximum atomic E-state index is 10.5. The van der Waals surface area contributed by atoms with Crippen LogP contribution in [-0.4, -0.2) is 19.3 Å². The SMILES string of the molecule is COc1cc(Br)c(C(O)Cc2ccccc2Cl)cc1OC. The molecule has 0 aliphatic carbocycles. The molecule has 0 fully saturated rings.